The first kappa shape index (κ1) is 4.83. The predicted octanol–water partition coefficient (Wildman–Crippen LogP) is -0.491. The molecular weight excluding hydrogens is 106 g/mol. The third kappa shape index (κ3) is 0.676. The monoisotopic (exact) mass is 111 g/mol. The molecule has 4 nitrogen and oxygen atoms in total. The summed E-state index contributed by atoms with van der Waals surface area (Å²) >= 11 is 0. The molecule has 1 heterocycles. The summed E-state index contributed by atoms with van der Waals surface area (Å²) in [7, 11) is 0. The summed E-state index contributed by atoms with van der Waals surface area (Å²) in [5, 5.41) is 5.98. The molecule has 0 atom stereocenters. The van der Waals surface area contributed by atoms with Crippen molar-refractivity contribution in [2.45, 2.75) is 0 Å². The molecule has 1 aromatic rings. The van der Waals surface area contributed by atoms with Crippen LogP contribution in [0, 0.1) is 0 Å². The summed E-state index contributed by atoms with van der Waals surface area (Å²) in [4.78, 5) is 10.2. The van der Waals surface area contributed by atoms with E-state index in [1.165, 1.54) is 12.4 Å². The summed E-state index contributed by atoms with van der Waals surface area (Å²) in [6.07, 6.45) is 2.82. The molecule has 0 bridgehead atoms. The lowest BCUT2D eigenvalue weighted by Crippen LogP contribution is -2.09. The zero-order valence-electron chi connectivity index (χ0n) is 4.09. The SMILES string of the molecule is NC(=O)c1cn[nH]c1. The van der Waals surface area contributed by atoms with Gasteiger partial charge in [-0.1, -0.05) is 0 Å². The number of carbonyl (C=O) groups is 1. The Morgan fingerprint density at radius 2 is 2.62 bits per heavy atom. The van der Waals surface area contributed by atoms with Crippen molar-refractivity contribution in [2.24, 2.45) is 5.73 Å². The number of aromatic nitrogens is 2. The first-order chi connectivity index (χ1) is 3.80. The van der Waals surface area contributed by atoms with Crippen molar-refractivity contribution in [3.8, 4) is 0 Å². The van der Waals surface area contributed by atoms with Gasteiger partial charge in [0.15, 0.2) is 0 Å². The third-order valence-corrected chi connectivity index (χ3v) is 0.783. The van der Waals surface area contributed by atoms with E-state index < -0.39 is 5.91 Å². The van der Waals surface area contributed by atoms with Gasteiger partial charge in [-0.25, -0.2) is 0 Å². The maximum atomic E-state index is 10.2. The van der Waals surface area contributed by atoms with E-state index in [0.717, 1.165) is 0 Å². The van der Waals surface area contributed by atoms with Crippen molar-refractivity contribution in [2.75, 3.05) is 0 Å². The van der Waals surface area contributed by atoms with Gasteiger partial charge in [0.2, 0.25) is 0 Å². The molecule has 3 N–H and O–H groups in total. The number of hydrogen-bond donors (Lipinski definition) is 2. The molecular formula is C4H5N3O. The van der Waals surface area contributed by atoms with Gasteiger partial charge in [0.05, 0.1) is 11.8 Å². The van der Waals surface area contributed by atoms with Crippen molar-refractivity contribution in [3.05, 3.63) is 18.0 Å². The van der Waals surface area contributed by atoms with Gasteiger partial charge in [-0.15, -0.1) is 0 Å². The Kier molecular flexibility index (Phi) is 0.997. The molecule has 0 aliphatic carbocycles. The largest absolute Gasteiger partial charge is 0.366 e. The highest BCUT2D eigenvalue weighted by atomic mass is 16.1. The van der Waals surface area contributed by atoms with Crippen LogP contribution in [0.3, 0.4) is 0 Å². The molecule has 0 aliphatic heterocycles. The second kappa shape index (κ2) is 1.65. The van der Waals surface area contributed by atoms with Gasteiger partial charge in [-0.2, -0.15) is 5.10 Å². The number of amides is 1. The molecule has 0 radical (unpaired) electrons. The fraction of sp³-hybridized carbons (Fsp3) is 0. The maximum absolute atomic E-state index is 10.2. The van der Waals surface area contributed by atoms with Crippen LogP contribution in [-0.4, -0.2) is 16.1 Å². The molecule has 0 aliphatic rings. The molecule has 1 amide bonds. The lowest BCUT2D eigenvalue weighted by atomic mass is 10.4. The Labute approximate surface area is 45.7 Å². The highest BCUT2D eigenvalue weighted by Gasteiger charge is 1.96. The summed E-state index contributed by atoms with van der Waals surface area (Å²) in [6, 6.07) is 0. The minimum Gasteiger partial charge on any atom is -0.366 e. The molecule has 0 fully saturated rings. The van der Waals surface area contributed by atoms with Crippen LogP contribution in [0.1, 0.15) is 10.4 Å². The average Bonchev–Trinajstić information content (AvgIpc) is 2.12. The van der Waals surface area contributed by atoms with Gasteiger partial charge < -0.3 is 5.73 Å². The van der Waals surface area contributed by atoms with E-state index in [9.17, 15) is 4.79 Å². The molecule has 0 aromatic carbocycles. The van der Waals surface area contributed by atoms with Crippen LogP contribution in [0.5, 0.6) is 0 Å². The second-order valence-corrected chi connectivity index (χ2v) is 1.35. The maximum Gasteiger partial charge on any atom is 0.251 e. The molecule has 0 saturated heterocycles. The van der Waals surface area contributed by atoms with Crippen molar-refractivity contribution < 1.29 is 4.79 Å². The Hall–Kier alpha value is -1.32. The first-order valence-electron chi connectivity index (χ1n) is 2.09. The van der Waals surface area contributed by atoms with Crippen molar-refractivity contribution in [1.29, 1.82) is 0 Å². The molecule has 8 heavy (non-hydrogen) atoms. The zero-order chi connectivity index (χ0) is 5.98. The Balaban J connectivity index is 2.93. The average molecular weight is 111 g/mol. The lowest BCUT2D eigenvalue weighted by molar-refractivity contribution is 0.100. The number of carbonyl (C=O) groups excluding carboxylic acids is 1. The van der Waals surface area contributed by atoms with E-state index in [-0.39, 0.29) is 0 Å². The number of aromatic amines is 1. The van der Waals surface area contributed by atoms with E-state index >= 15 is 0 Å². The Bertz CT molecular complexity index is 179. The highest BCUT2D eigenvalue weighted by molar-refractivity contribution is 5.92. The van der Waals surface area contributed by atoms with Gasteiger partial charge in [-0.05, 0) is 0 Å². The van der Waals surface area contributed by atoms with Gasteiger partial charge >= 0.3 is 0 Å². The minimum absolute atomic E-state index is 0.407. The van der Waals surface area contributed by atoms with Crippen LogP contribution in [-0.2, 0) is 0 Å². The molecule has 1 aromatic heterocycles. The number of nitrogens with two attached hydrogens (primary N) is 1. The fourth-order valence-corrected chi connectivity index (χ4v) is 0.386. The van der Waals surface area contributed by atoms with E-state index in [1.54, 1.807) is 0 Å². The number of nitrogens with one attached hydrogen (secondary N) is 1. The van der Waals surface area contributed by atoms with Crippen LogP contribution in [0.25, 0.3) is 0 Å². The number of rotatable bonds is 1. The summed E-state index contributed by atoms with van der Waals surface area (Å²) in [6.45, 7) is 0. The zero-order valence-corrected chi connectivity index (χ0v) is 4.09. The lowest BCUT2D eigenvalue weighted by Gasteiger charge is -1.78. The van der Waals surface area contributed by atoms with E-state index in [0.29, 0.717) is 5.56 Å². The number of nitrogens with zero attached hydrogens (tertiary/aromatic N) is 1. The van der Waals surface area contributed by atoms with Crippen molar-refractivity contribution in [3.63, 3.8) is 0 Å². The van der Waals surface area contributed by atoms with Crippen LogP contribution < -0.4 is 5.73 Å². The molecule has 1 rings (SSSR count). The third-order valence-electron chi connectivity index (χ3n) is 0.783. The summed E-state index contributed by atoms with van der Waals surface area (Å²) in [5.74, 6) is -0.459. The standard InChI is InChI=1S/C4H5N3O/c5-4(8)3-1-6-7-2-3/h1-2H,(H2,5,8)(H,6,7). The number of hydrogen-bond acceptors (Lipinski definition) is 2. The van der Waals surface area contributed by atoms with Crippen molar-refractivity contribution in [1.82, 2.24) is 10.2 Å². The minimum atomic E-state index is -0.459. The van der Waals surface area contributed by atoms with Crippen LogP contribution in [0.4, 0.5) is 0 Å². The molecule has 0 unspecified atom stereocenters. The van der Waals surface area contributed by atoms with Crippen LogP contribution >= 0.6 is 0 Å². The van der Waals surface area contributed by atoms with E-state index in [2.05, 4.69) is 10.2 Å². The number of H-pyrrole nitrogens is 1. The second-order valence-electron chi connectivity index (χ2n) is 1.35. The topological polar surface area (TPSA) is 71.8 Å². The molecule has 0 spiro atoms. The highest BCUT2D eigenvalue weighted by Crippen LogP contribution is 1.88. The van der Waals surface area contributed by atoms with E-state index in [1.807, 2.05) is 0 Å². The van der Waals surface area contributed by atoms with Gasteiger partial charge in [-0.3, -0.25) is 9.89 Å². The molecule has 42 valence electrons. The van der Waals surface area contributed by atoms with Crippen LogP contribution in [0.15, 0.2) is 12.4 Å². The normalized spacial score (nSPS) is 9.00. The number of primary amides is 1. The summed E-state index contributed by atoms with van der Waals surface area (Å²) in [5.41, 5.74) is 5.27. The fourth-order valence-electron chi connectivity index (χ4n) is 0.386. The smallest absolute Gasteiger partial charge is 0.251 e. The van der Waals surface area contributed by atoms with Gasteiger partial charge in [0, 0.05) is 6.20 Å². The van der Waals surface area contributed by atoms with E-state index in [4.69, 9.17) is 5.73 Å². The summed E-state index contributed by atoms with van der Waals surface area (Å²) < 4.78 is 0. The van der Waals surface area contributed by atoms with Gasteiger partial charge in [0.1, 0.15) is 0 Å². The molecule has 0 saturated carbocycles. The van der Waals surface area contributed by atoms with Crippen LogP contribution in [0.2, 0.25) is 0 Å². The first-order valence-corrected chi connectivity index (χ1v) is 2.09. The van der Waals surface area contributed by atoms with Gasteiger partial charge in [0.25, 0.3) is 5.91 Å². The Morgan fingerprint density at radius 3 is 2.88 bits per heavy atom. The predicted molar refractivity (Wildman–Crippen MR) is 27.1 cm³/mol. The quantitative estimate of drug-likeness (QED) is 0.513. The molecule has 4 heteroatoms. The van der Waals surface area contributed by atoms with Crippen molar-refractivity contribution >= 4 is 5.91 Å². The Morgan fingerprint density at radius 1 is 1.88 bits per heavy atom.